The Labute approximate surface area is 152 Å². The molecule has 2 heterocycles. The van der Waals surface area contributed by atoms with E-state index in [1.54, 1.807) is 49.0 Å². The molecule has 4 N–H and O–H groups in total. The van der Waals surface area contributed by atoms with Gasteiger partial charge in [-0.2, -0.15) is 0 Å². The number of amides is 1. The van der Waals surface area contributed by atoms with E-state index in [1.165, 1.54) is 0 Å². The van der Waals surface area contributed by atoms with Crippen LogP contribution in [0, 0.1) is 19.3 Å². The lowest BCUT2D eigenvalue weighted by Gasteiger charge is -2.13. The Morgan fingerprint density at radius 1 is 1.27 bits per heavy atom. The molecule has 0 atom stereocenters. The Kier molecular flexibility index (Phi) is 5.71. The van der Waals surface area contributed by atoms with Crippen LogP contribution in [0.25, 0.3) is 5.65 Å². The number of hydrogen-bond acceptors (Lipinski definition) is 5. The van der Waals surface area contributed by atoms with Crippen LogP contribution in [0.3, 0.4) is 0 Å². The Balaban J connectivity index is 0.00000117. The Morgan fingerprint density at radius 2 is 1.96 bits per heavy atom. The average molecular weight is 352 g/mol. The molecule has 0 aliphatic heterocycles. The molecule has 0 radical (unpaired) electrons. The van der Waals surface area contributed by atoms with Gasteiger partial charge in [0.15, 0.2) is 5.65 Å². The minimum atomic E-state index is -0.258. The lowest BCUT2D eigenvalue weighted by molar-refractivity contribution is 0.102. The van der Waals surface area contributed by atoms with Gasteiger partial charge in [0.05, 0.1) is 17.5 Å². The number of anilines is 2. The smallest absolute Gasteiger partial charge is 0.259 e. The van der Waals surface area contributed by atoms with Crippen molar-refractivity contribution < 1.29 is 4.79 Å². The number of imidazole rings is 1. The van der Waals surface area contributed by atoms with E-state index in [0.29, 0.717) is 39.6 Å². The molecule has 7 heteroatoms. The minimum Gasteiger partial charge on any atom is -0.398 e. The second-order valence-electron chi connectivity index (χ2n) is 5.66. The van der Waals surface area contributed by atoms with Crippen molar-refractivity contribution in [1.82, 2.24) is 14.4 Å². The third-order valence-electron chi connectivity index (χ3n) is 3.93. The molecule has 3 rings (SSSR count). The highest BCUT2D eigenvalue weighted by Crippen LogP contribution is 2.21. The van der Waals surface area contributed by atoms with Crippen molar-refractivity contribution in [2.24, 2.45) is 0 Å². The maximum atomic E-state index is 12.7. The number of nitrogens with zero attached hydrogens (tertiary/aromatic N) is 3. The maximum Gasteiger partial charge on any atom is 0.259 e. The van der Waals surface area contributed by atoms with E-state index in [9.17, 15) is 4.79 Å². The number of nitrogens with two attached hydrogens (primary N) is 1. The van der Waals surface area contributed by atoms with Crippen molar-refractivity contribution in [3.63, 3.8) is 0 Å². The molecule has 0 saturated heterocycles. The first kappa shape index (κ1) is 19.1. The second-order valence-corrected chi connectivity index (χ2v) is 5.66. The number of aromatic nitrogens is 3. The van der Waals surface area contributed by atoms with E-state index in [1.807, 2.05) is 20.8 Å². The summed E-state index contributed by atoms with van der Waals surface area (Å²) < 4.78 is 1.78. The fraction of sp³-hybridized carbons (Fsp3) is 0.263. The van der Waals surface area contributed by atoms with Crippen LogP contribution in [-0.4, -0.2) is 26.0 Å². The Hall–Kier alpha value is -3.22. The molecule has 0 aliphatic rings. The van der Waals surface area contributed by atoms with Crippen LogP contribution in [0.2, 0.25) is 0 Å². The van der Waals surface area contributed by atoms with Crippen LogP contribution >= 0.6 is 0 Å². The molecule has 26 heavy (non-hydrogen) atoms. The van der Waals surface area contributed by atoms with E-state index in [0.717, 1.165) is 5.69 Å². The van der Waals surface area contributed by atoms with Gasteiger partial charge >= 0.3 is 0 Å². The van der Waals surface area contributed by atoms with Gasteiger partial charge in [0.2, 0.25) is 0 Å². The quantitative estimate of drug-likeness (QED) is 0.494. The van der Waals surface area contributed by atoms with Crippen molar-refractivity contribution in [1.29, 1.82) is 5.41 Å². The first-order valence-electron chi connectivity index (χ1n) is 8.44. The predicted octanol–water partition coefficient (Wildman–Crippen LogP) is 3.59. The van der Waals surface area contributed by atoms with E-state index in [2.05, 4.69) is 15.3 Å². The largest absolute Gasteiger partial charge is 0.398 e. The maximum absolute atomic E-state index is 12.7. The summed E-state index contributed by atoms with van der Waals surface area (Å²) in [6.45, 7) is 9.31. The molecule has 0 fully saturated rings. The van der Waals surface area contributed by atoms with Crippen molar-refractivity contribution in [3.8, 4) is 0 Å². The zero-order valence-electron chi connectivity index (χ0n) is 15.7. The van der Waals surface area contributed by atoms with Crippen LogP contribution in [0.4, 0.5) is 11.4 Å². The lowest BCUT2D eigenvalue weighted by atomic mass is 10.1. The number of carbonyl (C=O) groups is 1. The summed E-state index contributed by atoms with van der Waals surface area (Å²) in [5, 5.41) is 10.6. The van der Waals surface area contributed by atoms with E-state index < -0.39 is 0 Å². The fourth-order valence-corrected chi connectivity index (χ4v) is 2.72. The molecule has 0 saturated carbocycles. The highest BCUT2D eigenvalue weighted by atomic mass is 16.1. The molecular weight excluding hydrogens is 328 g/mol. The molecule has 1 aromatic carbocycles. The molecule has 0 spiro atoms. The minimum absolute atomic E-state index is 0.258. The van der Waals surface area contributed by atoms with Gasteiger partial charge in [-0.05, 0) is 39.0 Å². The van der Waals surface area contributed by atoms with Gasteiger partial charge in [-0.25, -0.2) is 9.97 Å². The first-order chi connectivity index (χ1) is 12.4. The Morgan fingerprint density at radius 3 is 2.62 bits per heavy atom. The average Bonchev–Trinajstić information content (AvgIpc) is 3.06. The van der Waals surface area contributed by atoms with Crippen LogP contribution in [-0.2, 0) is 0 Å². The molecule has 1 amide bonds. The number of nitrogen functional groups attached to an aromatic ring is 1. The van der Waals surface area contributed by atoms with Crippen molar-refractivity contribution >= 4 is 28.6 Å². The number of aryl methyl sites for hydroxylation is 2. The topological polar surface area (TPSA) is 109 Å². The van der Waals surface area contributed by atoms with Crippen molar-refractivity contribution in [3.05, 3.63) is 53.2 Å². The molecule has 0 bridgehead atoms. The lowest BCUT2D eigenvalue weighted by Crippen LogP contribution is -2.18. The predicted molar refractivity (Wildman–Crippen MR) is 105 cm³/mol. The highest BCUT2D eigenvalue weighted by molar-refractivity contribution is 6.07. The van der Waals surface area contributed by atoms with Gasteiger partial charge in [0.1, 0.15) is 6.33 Å². The summed E-state index contributed by atoms with van der Waals surface area (Å²) in [6.07, 6.45) is 3.29. The van der Waals surface area contributed by atoms with Crippen molar-refractivity contribution in [2.75, 3.05) is 11.1 Å². The van der Waals surface area contributed by atoms with E-state index in [-0.39, 0.29) is 5.91 Å². The zero-order valence-corrected chi connectivity index (χ0v) is 15.7. The summed E-state index contributed by atoms with van der Waals surface area (Å²) >= 11 is 0. The van der Waals surface area contributed by atoms with Gasteiger partial charge in [0, 0.05) is 28.3 Å². The molecule has 0 aliphatic carbocycles. The molecule has 2 aromatic heterocycles. The second kappa shape index (κ2) is 7.77. The number of rotatable bonds is 3. The van der Waals surface area contributed by atoms with Crippen LogP contribution in [0.5, 0.6) is 0 Å². The van der Waals surface area contributed by atoms with Gasteiger partial charge in [0.25, 0.3) is 5.91 Å². The zero-order chi connectivity index (χ0) is 19.4. The molecule has 7 nitrogen and oxygen atoms in total. The van der Waals surface area contributed by atoms with Gasteiger partial charge in [-0.15, -0.1) is 0 Å². The first-order valence-corrected chi connectivity index (χ1v) is 8.44. The third-order valence-corrected chi connectivity index (χ3v) is 3.93. The van der Waals surface area contributed by atoms with E-state index >= 15 is 0 Å². The fourth-order valence-electron chi connectivity index (χ4n) is 2.72. The molecular formula is C19H24N6O. The van der Waals surface area contributed by atoms with E-state index in [4.69, 9.17) is 11.1 Å². The van der Waals surface area contributed by atoms with Crippen LogP contribution in [0.1, 0.15) is 48.1 Å². The normalized spacial score (nSPS) is 10.2. The summed E-state index contributed by atoms with van der Waals surface area (Å²) in [4.78, 5) is 21.2. The van der Waals surface area contributed by atoms with Crippen LogP contribution in [0.15, 0.2) is 30.7 Å². The summed E-state index contributed by atoms with van der Waals surface area (Å²) in [5.41, 5.74) is 10.5. The number of carbonyl (C=O) groups excluding carboxylic acids is 1. The van der Waals surface area contributed by atoms with Gasteiger partial charge in [-0.3, -0.25) is 9.20 Å². The van der Waals surface area contributed by atoms with Gasteiger partial charge < -0.3 is 16.5 Å². The number of hydrogen-bond donors (Lipinski definition) is 3. The number of nitrogens with one attached hydrogen (secondary N) is 2. The summed E-state index contributed by atoms with van der Waals surface area (Å²) in [5.74, 6) is -0.258. The van der Waals surface area contributed by atoms with Crippen molar-refractivity contribution in [2.45, 2.75) is 34.6 Å². The summed E-state index contributed by atoms with van der Waals surface area (Å²) in [7, 11) is 0. The molecule has 136 valence electrons. The SMILES string of the molecule is CC.CC(=N)c1cc(NC(=O)c2c(C)nc3cncn3c2C)ccc1N. The number of fused-ring (bicyclic) bond motifs is 1. The third kappa shape index (κ3) is 3.56. The van der Waals surface area contributed by atoms with Gasteiger partial charge in [-0.1, -0.05) is 13.8 Å². The highest BCUT2D eigenvalue weighted by Gasteiger charge is 2.17. The standard InChI is InChI=1S/C17H18N6O.C2H6/c1-9(18)13-6-12(4-5-14(13)19)22-17(24)16-10(2)21-15-7-20-8-23(15)11(16)3;1-2/h4-8,18H,19H2,1-3H3,(H,22,24);1-2H3. The summed E-state index contributed by atoms with van der Waals surface area (Å²) in [6, 6.07) is 5.09. The molecule has 0 unspecified atom stereocenters. The number of benzene rings is 1. The Bertz CT molecular complexity index is 974. The van der Waals surface area contributed by atoms with Crippen LogP contribution < -0.4 is 11.1 Å². The molecule has 3 aromatic rings. The monoisotopic (exact) mass is 352 g/mol.